The molecule has 0 saturated heterocycles. The predicted octanol–water partition coefficient (Wildman–Crippen LogP) is 2.60. The molecule has 1 unspecified atom stereocenters. The van der Waals surface area contributed by atoms with Crippen molar-refractivity contribution in [3.63, 3.8) is 0 Å². The summed E-state index contributed by atoms with van der Waals surface area (Å²) in [7, 11) is 2.20. The molecule has 106 valence electrons. The van der Waals surface area contributed by atoms with Crippen molar-refractivity contribution in [1.29, 1.82) is 0 Å². The zero-order chi connectivity index (χ0) is 13.9. The Morgan fingerprint density at radius 2 is 2.15 bits per heavy atom. The molecule has 0 aliphatic carbocycles. The van der Waals surface area contributed by atoms with Crippen LogP contribution in [0.4, 0.5) is 0 Å². The normalized spacial score (nSPS) is 18.2. The number of likely N-dealkylation sites (N-methyl/N-ethyl adjacent to an activating group) is 1. The topological polar surface area (TPSA) is 28.2 Å². The van der Waals surface area contributed by atoms with Gasteiger partial charge in [-0.3, -0.25) is 4.90 Å². The second-order valence-electron chi connectivity index (χ2n) is 5.61. The van der Waals surface area contributed by atoms with Gasteiger partial charge in [0.2, 0.25) is 0 Å². The van der Waals surface area contributed by atoms with Crippen LogP contribution in [-0.2, 0) is 19.5 Å². The lowest BCUT2D eigenvalue weighted by atomic mass is 9.96. The third kappa shape index (κ3) is 3.08. The summed E-state index contributed by atoms with van der Waals surface area (Å²) in [6, 6.07) is 9.30. The Morgan fingerprint density at radius 3 is 2.90 bits per heavy atom. The highest BCUT2D eigenvalue weighted by atomic mass is 32.1. The number of aryl methyl sites for hydroxylation is 1. The standard InChI is InChI=1S/C16H21N3S/c1-12-16(20-11-18-12)10-19(2)9-15-7-13-5-3-4-6-14(13)8-17-15/h3-6,11,15,17H,7-10H2,1-2H3. The molecule has 2 aromatic rings. The summed E-state index contributed by atoms with van der Waals surface area (Å²) in [5, 5.41) is 3.65. The van der Waals surface area contributed by atoms with Crippen molar-refractivity contribution in [2.24, 2.45) is 0 Å². The molecular formula is C16H21N3S. The van der Waals surface area contributed by atoms with E-state index in [-0.39, 0.29) is 0 Å². The number of hydrogen-bond donors (Lipinski definition) is 1. The van der Waals surface area contributed by atoms with Crippen molar-refractivity contribution in [2.45, 2.75) is 32.5 Å². The number of nitrogens with zero attached hydrogens (tertiary/aromatic N) is 2. The Hall–Kier alpha value is -1.23. The first kappa shape index (κ1) is 13.7. The molecule has 2 heterocycles. The molecule has 3 rings (SSSR count). The summed E-state index contributed by atoms with van der Waals surface area (Å²) in [6.45, 7) is 5.16. The van der Waals surface area contributed by atoms with Crippen molar-refractivity contribution < 1.29 is 0 Å². The van der Waals surface area contributed by atoms with Crippen molar-refractivity contribution in [1.82, 2.24) is 15.2 Å². The number of benzene rings is 1. The van der Waals surface area contributed by atoms with Crippen LogP contribution in [0.15, 0.2) is 29.8 Å². The number of fused-ring (bicyclic) bond motifs is 1. The van der Waals surface area contributed by atoms with Gasteiger partial charge in [-0.05, 0) is 31.5 Å². The average molecular weight is 287 g/mol. The van der Waals surface area contributed by atoms with Crippen LogP contribution >= 0.6 is 11.3 Å². The quantitative estimate of drug-likeness (QED) is 0.937. The van der Waals surface area contributed by atoms with Crippen LogP contribution in [-0.4, -0.2) is 29.5 Å². The molecule has 0 fully saturated rings. The molecule has 3 nitrogen and oxygen atoms in total. The highest BCUT2D eigenvalue weighted by molar-refractivity contribution is 7.09. The van der Waals surface area contributed by atoms with E-state index in [1.54, 1.807) is 11.3 Å². The van der Waals surface area contributed by atoms with Crippen LogP contribution in [0.1, 0.15) is 21.7 Å². The van der Waals surface area contributed by atoms with Gasteiger partial charge < -0.3 is 5.32 Å². The fourth-order valence-electron chi connectivity index (χ4n) is 2.81. The zero-order valence-electron chi connectivity index (χ0n) is 12.1. The minimum Gasteiger partial charge on any atom is -0.308 e. The van der Waals surface area contributed by atoms with Gasteiger partial charge in [-0.1, -0.05) is 24.3 Å². The molecule has 1 aliphatic rings. The molecule has 0 saturated carbocycles. The number of rotatable bonds is 4. The molecule has 0 amide bonds. The van der Waals surface area contributed by atoms with Crippen molar-refractivity contribution in [3.05, 3.63) is 51.5 Å². The Morgan fingerprint density at radius 1 is 1.35 bits per heavy atom. The van der Waals surface area contributed by atoms with Crippen LogP contribution in [0.25, 0.3) is 0 Å². The second kappa shape index (κ2) is 6.04. The lowest BCUT2D eigenvalue weighted by Gasteiger charge is -2.29. The molecule has 0 spiro atoms. The molecule has 4 heteroatoms. The van der Waals surface area contributed by atoms with Crippen LogP contribution in [0.5, 0.6) is 0 Å². The average Bonchev–Trinajstić information content (AvgIpc) is 2.84. The molecule has 0 radical (unpaired) electrons. The van der Waals surface area contributed by atoms with Gasteiger partial charge in [0, 0.05) is 30.6 Å². The zero-order valence-corrected chi connectivity index (χ0v) is 12.9. The number of hydrogen-bond acceptors (Lipinski definition) is 4. The molecule has 1 aliphatic heterocycles. The summed E-state index contributed by atoms with van der Waals surface area (Å²) in [6.07, 6.45) is 1.13. The van der Waals surface area contributed by atoms with E-state index in [0.29, 0.717) is 6.04 Å². The fraction of sp³-hybridized carbons (Fsp3) is 0.438. The Bertz CT molecular complexity index is 579. The summed E-state index contributed by atoms with van der Waals surface area (Å²) in [5.74, 6) is 0. The van der Waals surface area contributed by atoms with Gasteiger partial charge in [-0.15, -0.1) is 11.3 Å². The van der Waals surface area contributed by atoms with E-state index < -0.39 is 0 Å². The highest BCUT2D eigenvalue weighted by Gasteiger charge is 2.19. The maximum atomic E-state index is 4.32. The maximum absolute atomic E-state index is 4.32. The first-order valence-electron chi connectivity index (χ1n) is 7.10. The van der Waals surface area contributed by atoms with E-state index in [2.05, 4.69) is 53.4 Å². The Labute approximate surface area is 124 Å². The predicted molar refractivity (Wildman–Crippen MR) is 84.0 cm³/mol. The van der Waals surface area contributed by atoms with Gasteiger partial charge in [0.25, 0.3) is 0 Å². The Kier molecular flexibility index (Phi) is 4.15. The summed E-state index contributed by atoms with van der Waals surface area (Å²) in [5.41, 5.74) is 6.06. The Balaban J connectivity index is 1.58. The van der Waals surface area contributed by atoms with Crippen LogP contribution in [0.2, 0.25) is 0 Å². The van der Waals surface area contributed by atoms with Crippen molar-refractivity contribution in [3.8, 4) is 0 Å². The highest BCUT2D eigenvalue weighted by Crippen LogP contribution is 2.18. The lowest BCUT2D eigenvalue weighted by Crippen LogP contribution is -2.43. The fourth-order valence-corrected chi connectivity index (χ4v) is 3.67. The van der Waals surface area contributed by atoms with Gasteiger partial charge in [0.05, 0.1) is 11.2 Å². The molecule has 1 N–H and O–H groups in total. The maximum Gasteiger partial charge on any atom is 0.0798 e. The van der Waals surface area contributed by atoms with Crippen LogP contribution in [0.3, 0.4) is 0 Å². The van der Waals surface area contributed by atoms with Crippen LogP contribution in [0, 0.1) is 6.92 Å². The van der Waals surface area contributed by atoms with Gasteiger partial charge in [0.1, 0.15) is 0 Å². The third-order valence-corrected chi connectivity index (χ3v) is 4.88. The summed E-state index contributed by atoms with van der Waals surface area (Å²) >= 11 is 1.76. The van der Waals surface area contributed by atoms with E-state index in [9.17, 15) is 0 Å². The molecule has 1 aromatic carbocycles. The first-order chi connectivity index (χ1) is 9.72. The molecule has 20 heavy (non-hydrogen) atoms. The number of thiazole rings is 1. The van der Waals surface area contributed by atoms with E-state index in [1.165, 1.54) is 21.7 Å². The molecule has 1 atom stereocenters. The van der Waals surface area contributed by atoms with Gasteiger partial charge >= 0.3 is 0 Å². The van der Waals surface area contributed by atoms with E-state index in [4.69, 9.17) is 0 Å². The molecular weight excluding hydrogens is 266 g/mol. The first-order valence-corrected chi connectivity index (χ1v) is 7.98. The number of aromatic nitrogens is 1. The van der Waals surface area contributed by atoms with Crippen molar-refractivity contribution in [2.75, 3.05) is 13.6 Å². The SMILES string of the molecule is Cc1ncsc1CN(C)CC1Cc2ccccc2CN1. The monoisotopic (exact) mass is 287 g/mol. The van der Waals surface area contributed by atoms with Crippen molar-refractivity contribution >= 4 is 11.3 Å². The van der Waals surface area contributed by atoms with Gasteiger partial charge in [-0.2, -0.15) is 0 Å². The largest absolute Gasteiger partial charge is 0.308 e. The van der Waals surface area contributed by atoms with E-state index in [1.807, 2.05) is 5.51 Å². The number of nitrogens with one attached hydrogen (secondary N) is 1. The summed E-state index contributed by atoms with van der Waals surface area (Å²) in [4.78, 5) is 8.10. The lowest BCUT2D eigenvalue weighted by molar-refractivity contribution is 0.275. The van der Waals surface area contributed by atoms with E-state index >= 15 is 0 Å². The second-order valence-corrected chi connectivity index (χ2v) is 6.55. The molecule has 0 bridgehead atoms. The minimum absolute atomic E-state index is 0.545. The van der Waals surface area contributed by atoms with Gasteiger partial charge in [0.15, 0.2) is 0 Å². The summed E-state index contributed by atoms with van der Waals surface area (Å²) < 4.78 is 0. The van der Waals surface area contributed by atoms with E-state index in [0.717, 1.165) is 26.1 Å². The third-order valence-electron chi connectivity index (χ3n) is 3.96. The van der Waals surface area contributed by atoms with Gasteiger partial charge in [-0.25, -0.2) is 4.98 Å². The van der Waals surface area contributed by atoms with Crippen LogP contribution < -0.4 is 5.32 Å². The molecule has 1 aromatic heterocycles. The smallest absolute Gasteiger partial charge is 0.0798 e. The minimum atomic E-state index is 0.545.